The average Bonchev–Trinajstić information content (AvgIpc) is 3.11. The van der Waals surface area contributed by atoms with Crippen LogP contribution in [0.15, 0.2) is 66.7 Å². The van der Waals surface area contributed by atoms with Crippen LogP contribution in [0, 0.1) is 17.0 Å². The summed E-state index contributed by atoms with van der Waals surface area (Å²) in [6.07, 6.45) is 0. The van der Waals surface area contributed by atoms with Crippen molar-refractivity contribution in [1.82, 2.24) is 0 Å². The van der Waals surface area contributed by atoms with Crippen LogP contribution in [0.4, 0.5) is 10.7 Å². The third-order valence-electron chi connectivity index (χ3n) is 3.76. The van der Waals surface area contributed by atoms with Crippen molar-refractivity contribution in [3.8, 4) is 0 Å². The molecule has 3 aromatic rings. The molecule has 0 bridgehead atoms. The molecule has 0 radical (unpaired) electrons. The zero-order valence-corrected chi connectivity index (χ0v) is 14.4. The summed E-state index contributed by atoms with van der Waals surface area (Å²) in [6, 6.07) is 20.2. The van der Waals surface area contributed by atoms with Crippen LogP contribution in [0.1, 0.15) is 20.8 Å². The second kappa shape index (κ2) is 7.27. The predicted octanol–water partition coefficient (Wildman–Crippen LogP) is 4.81. The van der Waals surface area contributed by atoms with E-state index in [0.717, 1.165) is 28.2 Å². The van der Waals surface area contributed by atoms with Crippen molar-refractivity contribution in [2.24, 2.45) is 0 Å². The van der Waals surface area contributed by atoms with E-state index in [-0.39, 0.29) is 10.9 Å². The van der Waals surface area contributed by atoms with Crippen molar-refractivity contribution in [3.05, 3.63) is 92.8 Å². The molecule has 1 aromatic heterocycles. The van der Waals surface area contributed by atoms with E-state index in [2.05, 4.69) is 0 Å². The number of carbonyl (C=O) groups is 1. The van der Waals surface area contributed by atoms with Gasteiger partial charge in [-0.3, -0.25) is 14.9 Å². The summed E-state index contributed by atoms with van der Waals surface area (Å²) in [5.41, 5.74) is 2.85. The highest BCUT2D eigenvalue weighted by molar-refractivity contribution is 7.17. The summed E-state index contributed by atoms with van der Waals surface area (Å²) in [6.45, 7) is 2.38. The van der Waals surface area contributed by atoms with Gasteiger partial charge in [0.2, 0.25) is 0 Å². The molecule has 1 amide bonds. The summed E-state index contributed by atoms with van der Waals surface area (Å²) >= 11 is 0.896. The van der Waals surface area contributed by atoms with Crippen molar-refractivity contribution >= 4 is 27.9 Å². The molecule has 3 rings (SSSR count). The van der Waals surface area contributed by atoms with E-state index in [9.17, 15) is 14.9 Å². The lowest BCUT2D eigenvalue weighted by molar-refractivity contribution is -0.380. The second-order valence-electron chi connectivity index (χ2n) is 5.61. The largest absolute Gasteiger partial charge is 0.324 e. The molecule has 2 aromatic carbocycles. The Morgan fingerprint density at radius 2 is 1.72 bits per heavy atom. The number of carbonyl (C=O) groups excluding carboxylic acids is 1. The van der Waals surface area contributed by atoms with E-state index < -0.39 is 4.92 Å². The lowest BCUT2D eigenvalue weighted by Gasteiger charge is -2.22. The Kier molecular flexibility index (Phi) is 4.90. The molecular weight excluding hydrogens is 336 g/mol. The molecule has 126 valence electrons. The quantitative estimate of drug-likeness (QED) is 0.489. The maximum Gasteiger partial charge on any atom is 0.324 e. The molecular formula is C19H16N2O3S. The Labute approximate surface area is 149 Å². The maximum atomic E-state index is 13.0. The van der Waals surface area contributed by atoms with Crippen LogP contribution in [0.2, 0.25) is 0 Å². The lowest BCUT2D eigenvalue weighted by Crippen LogP contribution is -2.29. The van der Waals surface area contributed by atoms with E-state index in [0.29, 0.717) is 11.4 Å². The van der Waals surface area contributed by atoms with E-state index in [1.165, 1.54) is 12.1 Å². The topological polar surface area (TPSA) is 63.5 Å². The summed E-state index contributed by atoms with van der Waals surface area (Å²) in [7, 11) is 0. The van der Waals surface area contributed by atoms with Crippen molar-refractivity contribution in [2.75, 3.05) is 4.90 Å². The molecule has 0 saturated carbocycles. The van der Waals surface area contributed by atoms with Gasteiger partial charge < -0.3 is 4.90 Å². The maximum absolute atomic E-state index is 13.0. The first-order chi connectivity index (χ1) is 12.0. The number of nitrogens with zero attached hydrogens (tertiary/aromatic N) is 2. The van der Waals surface area contributed by atoms with Crippen molar-refractivity contribution < 1.29 is 9.72 Å². The number of benzene rings is 2. The average molecular weight is 352 g/mol. The highest BCUT2D eigenvalue weighted by atomic mass is 32.1. The first-order valence-electron chi connectivity index (χ1n) is 7.71. The Balaban J connectivity index is 1.95. The molecule has 0 spiro atoms. The first-order valence-corrected chi connectivity index (χ1v) is 8.53. The van der Waals surface area contributed by atoms with Crippen molar-refractivity contribution in [1.29, 1.82) is 0 Å². The number of hydrogen-bond acceptors (Lipinski definition) is 4. The number of nitro groups is 1. The van der Waals surface area contributed by atoms with Gasteiger partial charge in [0.25, 0.3) is 5.91 Å². The smallest absolute Gasteiger partial charge is 0.303 e. The van der Waals surface area contributed by atoms with Gasteiger partial charge >= 0.3 is 5.00 Å². The third-order valence-corrected chi connectivity index (χ3v) is 4.78. The van der Waals surface area contributed by atoms with E-state index in [4.69, 9.17) is 0 Å². The monoisotopic (exact) mass is 352 g/mol. The van der Waals surface area contributed by atoms with Gasteiger partial charge in [0.15, 0.2) is 0 Å². The lowest BCUT2D eigenvalue weighted by atomic mass is 10.1. The Morgan fingerprint density at radius 1 is 1.04 bits per heavy atom. The molecule has 25 heavy (non-hydrogen) atoms. The zero-order chi connectivity index (χ0) is 17.8. The molecule has 0 fully saturated rings. The number of rotatable bonds is 5. The zero-order valence-electron chi connectivity index (χ0n) is 13.6. The van der Waals surface area contributed by atoms with Gasteiger partial charge in [-0.25, -0.2) is 0 Å². The molecule has 0 saturated heterocycles. The van der Waals surface area contributed by atoms with Crippen LogP contribution in [0.25, 0.3) is 0 Å². The number of anilines is 1. The molecule has 0 aliphatic carbocycles. The van der Waals surface area contributed by atoms with Gasteiger partial charge in [0.05, 0.1) is 16.3 Å². The fraction of sp³-hybridized carbons (Fsp3) is 0.105. The fourth-order valence-electron chi connectivity index (χ4n) is 2.44. The Bertz CT molecular complexity index is 889. The van der Waals surface area contributed by atoms with Crippen LogP contribution in [0.5, 0.6) is 0 Å². The first kappa shape index (κ1) is 16.9. The third kappa shape index (κ3) is 3.92. The minimum absolute atomic E-state index is 0.0353. The van der Waals surface area contributed by atoms with Gasteiger partial charge in [-0.2, -0.15) is 0 Å². The van der Waals surface area contributed by atoms with Gasteiger partial charge in [0.1, 0.15) is 0 Å². The van der Waals surface area contributed by atoms with Crippen molar-refractivity contribution in [3.63, 3.8) is 0 Å². The number of thiophene rings is 1. The van der Waals surface area contributed by atoms with Crippen molar-refractivity contribution in [2.45, 2.75) is 13.5 Å². The van der Waals surface area contributed by atoms with Gasteiger partial charge in [-0.15, -0.1) is 0 Å². The Hall–Kier alpha value is -2.99. The number of hydrogen-bond donors (Lipinski definition) is 0. The summed E-state index contributed by atoms with van der Waals surface area (Å²) in [4.78, 5) is 25.4. The molecule has 0 unspecified atom stereocenters. The van der Waals surface area contributed by atoms with Gasteiger partial charge in [-0.1, -0.05) is 59.4 Å². The van der Waals surface area contributed by atoms with Crippen LogP contribution in [0.3, 0.4) is 0 Å². The molecule has 1 heterocycles. The molecule has 0 aliphatic rings. The summed E-state index contributed by atoms with van der Waals surface area (Å²) in [5, 5.41) is 10.9. The van der Waals surface area contributed by atoms with Crippen LogP contribution in [-0.4, -0.2) is 10.8 Å². The highest BCUT2D eigenvalue weighted by Gasteiger charge is 2.22. The summed E-state index contributed by atoms with van der Waals surface area (Å²) in [5.74, 6) is -0.245. The minimum atomic E-state index is -0.477. The SMILES string of the molecule is Cc1ccc(N(Cc2ccccc2)C(=O)c2ccc([N+](=O)[O-])s2)cc1. The highest BCUT2D eigenvalue weighted by Crippen LogP contribution is 2.28. The normalized spacial score (nSPS) is 10.4. The second-order valence-corrected chi connectivity index (χ2v) is 6.67. The van der Waals surface area contributed by atoms with E-state index in [1.54, 1.807) is 4.90 Å². The molecule has 0 N–H and O–H groups in total. The van der Waals surface area contributed by atoms with Crippen LogP contribution >= 0.6 is 11.3 Å². The van der Waals surface area contributed by atoms with Gasteiger partial charge in [-0.05, 0) is 30.7 Å². The standard InChI is InChI=1S/C19H16N2O3S/c1-14-7-9-16(10-8-14)20(13-15-5-3-2-4-6-15)19(22)17-11-12-18(25-17)21(23)24/h2-12H,13H2,1H3. The van der Waals surface area contributed by atoms with Gasteiger partial charge in [0, 0.05) is 11.8 Å². The molecule has 6 heteroatoms. The minimum Gasteiger partial charge on any atom is -0.303 e. The van der Waals surface area contributed by atoms with Crippen LogP contribution < -0.4 is 4.90 Å². The Morgan fingerprint density at radius 3 is 2.32 bits per heavy atom. The molecule has 0 aliphatic heterocycles. The summed E-state index contributed by atoms with van der Waals surface area (Å²) < 4.78 is 0. The molecule has 0 atom stereocenters. The number of aryl methyl sites for hydroxylation is 1. The van der Waals surface area contributed by atoms with E-state index in [1.807, 2.05) is 61.5 Å². The predicted molar refractivity (Wildman–Crippen MR) is 99.1 cm³/mol. The van der Waals surface area contributed by atoms with Crippen LogP contribution in [-0.2, 0) is 6.54 Å². The fourth-order valence-corrected chi connectivity index (χ4v) is 3.21. The number of amides is 1. The molecule has 5 nitrogen and oxygen atoms in total. The van der Waals surface area contributed by atoms with E-state index >= 15 is 0 Å².